The zero-order chi connectivity index (χ0) is 12.8. The van der Waals surface area contributed by atoms with Gasteiger partial charge < -0.3 is 4.74 Å². The van der Waals surface area contributed by atoms with Crippen molar-refractivity contribution in [3.63, 3.8) is 0 Å². The van der Waals surface area contributed by atoms with Gasteiger partial charge in [-0.3, -0.25) is 0 Å². The van der Waals surface area contributed by atoms with E-state index >= 15 is 0 Å². The van der Waals surface area contributed by atoms with Crippen molar-refractivity contribution in [3.05, 3.63) is 0 Å². The van der Waals surface area contributed by atoms with E-state index < -0.39 is 10.0 Å². The van der Waals surface area contributed by atoms with E-state index in [2.05, 4.69) is 4.72 Å². The second kappa shape index (κ2) is 6.87. The Balaban J connectivity index is 1.66. The van der Waals surface area contributed by atoms with Gasteiger partial charge in [0.2, 0.25) is 10.0 Å². The van der Waals surface area contributed by atoms with Crippen molar-refractivity contribution >= 4 is 10.0 Å². The van der Waals surface area contributed by atoms with Crippen LogP contribution in [0.1, 0.15) is 51.4 Å². The molecule has 0 aromatic rings. The van der Waals surface area contributed by atoms with Gasteiger partial charge in [-0.05, 0) is 25.2 Å². The van der Waals surface area contributed by atoms with E-state index in [0.29, 0.717) is 12.5 Å². The van der Waals surface area contributed by atoms with Crippen molar-refractivity contribution in [2.75, 3.05) is 18.9 Å². The van der Waals surface area contributed by atoms with Crippen LogP contribution >= 0.6 is 0 Å². The molecule has 1 aliphatic carbocycles. The van der Waals surface area contributed by atoms with Gasteiger partial charge in [0.05, 0.1) is 11.9 Å². The minimum Gasteiger partial charge on any atom is -0.377 e. The third-order valence-electron chi connectivity index (χ3n) is 4.07. The third-order valence-corrected chi connectivity index (χ3v) is 5.45. The molecule has 0 amide bonds. The van der Waals surface area contributed by atoms with Gasteiger partial charge >= 0.3 is 0 Å². The summed E-state index contributed by atoms with van der Waals surface area (Å²) in [6.45, 7) is 1.22. The second-order valence-electron chi connectivity index (χ2n) is 5.60. The summed E-state index contributed by atoms with van der Waals surface area (Å²) in [6, 6.07) is 0. The van der Waals surface area contributed by atoms with E-state index in [-0.39, 0.29) is 11.9 Å². The highest BCUT2D eigenvalue weighted by atomic mass is 32.2. The molecular formula is C13H25NO3S. The summed E-state index contributed by atoms with van der Waals surface area (Å²) < 4.78 is 31.8. The average molecular weight is 275 g/mol. The van der Waals surface area contributed by atoms with Crippen molar-refractivity contribution in [1.82, 2.24) is 4.72 Å². The van der Waals surface area contributed by atoms with Gasteiger partial charge in [0.25, 0.3) is 0 Å². The number of nitrogens with one attached hydrogen (secondary N) is 1. The monoisotopic (exact) mass is 275 g/mol. The Morgan fingerprint density at radius 1 is 1.06 bits per heavy atom. The quantitative estimate of drug-likeness (QED) is 0.807. The van der Waals surface area contributed by atoms with Crippen molar-refractivity contribution in [2.24, 2.45) is 5.92 Å². The van der Waals surface area contributed by atoms with Gasteiger partial charge in [0.1, 0.15) is 0 Å². The Labute approximate surface area is 111 Å². The van der Waals surface area contributed by atoms with Crippen LogP contribution in [0, 0.1) is 5.92 Å². The molecule has 0 aromatic carbocycles. The smallest absolute Gasteiger partial charge is 0.211 e. The first-order chi connectivity index (χ1) is 8.66. The summed E-state index contributed by atoms with van der Waals surface area (Å²) in [7, 11) is -3.10. The minimum atomic E-state index is -3.10. The molecule has 2 fully saturated rings. The molecule has 5 heteroatoms. The third kappa shape index (κ3) is 4.86. The predicted octanol–water partition coefficient (Wildman–Crippen LogP) is 2.06. The van der Waals surface area contributed by atoms with Crippen LogP contribution in [-0.4, -0.2) is 33.4 Å². The summed E-state index contributed by atoms with van der Waals surface area (Å²) in [5.74, 6) is 0.905. The van der Waals surface area contributed by atoms with Crippen molar-refractivity contribution in [2.45, 2.75) is 57.5 Å². The molecule has 0 radical (unpaired) electrons. The molecule has 4 nitrogen and oxygen atoms in total. The molecule has 106 valence electrons. The summed E-state index contributed by atoms with van der Waals surface area (Å²) >= 11 is 0. The fraction of sp³-hybridized carbons (Fsp3) is 1.00. The van der Waals surface area contributed by atoms with Crippen LogP contribution < -0.4 is 4.72 Å². The Hall–Kier alpha value is -0.130. The Bertz CT molecular complexity index is 330. The van der Waals surface area contributed by atoms with Crippen molar-refractivity contribution < 1.29 is 13.2 Å². The molecule has 1 atom stereocenters. The van der Waals surface area contributed by atoms with Crippen LogP contribution in [0.25, 0.3) is 0 Å². The molecule has 2 aliphatic rings. The zero-order valence-corrected chi connectivity index (χ0v) is 11.9. The van der Waals surface area contributed by atoms with Gasteiger partial charge in [0, 0.05) is 13.2 Å². The summed E-state index contributed by atoms with van der Waals surface area (Å²) in [5, 5.41) is 0. The number of ether oxygens (including phenoxy) is 1. The normalized spacial score (nSPS) is 26.6. The van der Waals surface area contributed by atoms with Gasteiger partial charge in [0.15, 0.2) is 0 Å². The van der Waals surface area contributed by atoms with E-state index in [1.807, 2.05) is 0 Å². The van der Waals surface area contributed by atoms with E-state index in [1.54, 1.807) is 0 Å². The fourth-order valence-electron chi connectivity index (χ4n) is 2.90. The van der Waals surface area contributed by atoms with Gasteiger partial charge in [-0.2, -0.15) is 0 Å². The molecular weight excluding hydrogens is 250 g/mol. The molecule has 1 saturated heterocycles. The maximum Gasteiger partial charge on any atom is 0.211 e. The molecule has 0 spiro atoms. The molecule has 1 aliphatic heterocycles. The summed E-state index contributed by atoms with van der Waals surface area (Å²) in [5.41, 5.74) is 0. The second-order valence-corrected chi connectivity index (χ2v) is 7.52. The van der Waals surface area contributed by atoms with Gasteiger partial charge in [-0.15, -0.1) is 0 Å². The van der Waals surface area contributed by atoms with Crippen molar-refractivity contribution in [3.8, 4) is 0 Å². The first-order valence-electron chi connectivity index (χ1n) is 7.25. The first-order valence-corrected chi connectivity index (χ1v) is 8.90. The molecule has 2 rings (SSSR count). The van der Waals surface area contributed by atoms with Crippen LogP contribution in [0.4, 0.5) is 0 Å². The Morgan fingerprint density at radius 2 is 1.83 bits per heavy atom. The highest BCUT2D eigenvalue weighted by Crippen LogP contribution is 2.26. The number of hydrogen-bond donors (Lipinski definition) is 1. The largest absolute Gasteiger partial charge is 0.377 e. The molecule has 18 heavy (non-hydrogen) atoms. The Morgan fingerprint density at radius 3 is 2.50 bits per heavy atom. The topological polar surface area (TPSA) is 55.4 Å². The predicted molar refractivity (Wildman–Crippen MR) is 72.0 cm³/mol. The van der Waals surface area contributed by atoms with E-state index in [9.17, 15) is 8.42 Å². The summed E-state index contributed by atoms with van der Waals surface area (Å²) in [4.78, 5) is 0. The molecule has 0 aromatic heterocycles. The van der Waals surface area contributed by atoms with Crippen LogP contribution in [0.2, 0.25) is 0 Å². The lowest BCUT2D eigenvalue weighted by molar-refractivity contribution is 0.114. The van der Waals surface area contributed by atoms with Crippen LogP contribution in [0.5, 0.6) is 0 Å². The SMILES string of the molecule is O=S(=O)(CCC1CCCCC1)NC[C@H]1CCCO1. The highest BCUT2D eigenvalue weighted by molar-refractivity contribution is 7.89. The molecule has 0 bridgehead atoms. The standard InChI is InChI=1S/C13H25NO3S/c15-18(16,14-11-13-7-4-9-17-13)10-8-12-5-2-1-3-6-12/h12-14H,1-11H2/t13-/m1/s1. The van der Waals surface area contributed by atoms with Crippen LogP contribution in [0.15, 0.2) is 0 Å². The van der Waals surface area contributed by atoms with Gasteiger partial charge in [-0.25, -0.2) is 13.1 Å². The molecule has 1 heterocycles. The first kappa shape index (κ1) is 14.3. The maximum atomic E-state index is 11.9. The van der Waals surface area contributed by atoms with Crippen LogP contribution in [-0.2, 0) is 14.8 Å². The van der Waals surface area contributed by atoms with E-state index in [0.717, 1.165) is 25.9 Å². The lowest BCUT2D eigenvalue weighted by Crippen LogP contribution is -2.34. The lowest BCUT2D eigenvalue weighted by atomic mass is 9.88. The minimum absolute atomic E-state index is 0.0921. The Kier molecular flexibility index (Phi) is 5.45. The molecule has 0 unspecified atom stereocenters. The maximum absolute atomic E-state index is 11.9. The van der Waals surface area contributed by atoms with E-state index in [1.165, 1.54) is 32.1 Å². The molecule has 1 saturated carbocycles. The lowest BCUT2D eigenvalue weighted by Gasteiger charge is -2.21. The van der Waals surface area contributed by atoms with E-state index in [4.69, 9.17) is 4.74 Å². The summed E-state index contributed by atoms with van der Waals surface area (Å²) in [6.07, 6.45) is 9.22. The number of sulfonamides is 1. The number of rotatable bonds is 6. The fourth-order valence-corrected chi connectivity index (χ4v) is 4.12. The van der Waals surface area contributed by atoms with Crippen molar-refractivity contribution in [1.29, 1.82) is 0 Å². The highest BCUT2D eigenvalue weighted by Gasteiger charge is 2.20. The zero-order valence-electron chi connectivity index (χ0n) is 11.1. The number of hydrogen-bond acceptors (Lipinski definition) is 3. The van der Waals surface area contributed by atoms with Gasteiger partial charge in [-0.1, -0.05) is 32.1 Å². The van der Waals surface area contributed by atoms with Crippen LogP contribution in [0.3, 0.4) is 0 Å². The molecule has 1 N–H and O–H groups in total. The average Bonchev–Trinajstić information content (AvgIpc) is 2.89.